The summed E-state index contributed by atoms with van der Waals surface area (Å²) >= 11 is 3.29. The Kier molecular flexibility index (Phi) is 6.19. The first-order valence-corrected chi connectivity index (χ1v) is 9.92. The number of likely N-dealkylation sites (N-methyl/N-ethyl adjacent to an activating group) is 2. The van der Waals surface area contributed by atoms with Gasteiger partial charge in [0.05, 0.1) is 44.7 Å². The van der Waals surface area contributed by atoms with Gasteiger partial charge < -0.3 is 9.80 Å². The Morgan fingerprint density at radius 2 is 1.83 bits per heavy atom. The lowest BCUT2D eigenvalue weighted by Gasteiger charge is -2.31. The van der Waals surface area contributed by atoms with Crippen LogP contribution in [0.4, 0.5) is 0 Å². The Morgan fingerprint density at radius 3 is 2.35 bits per heavy atom. The highest BCUT2D eigenvalue weighted by molar-refractivity contribution is 9.10. The zero-order valence-corrected chi connectivity index (χ0v) is 15.9. The van der Waals surface area contributed by atoms with Crippen LogP contribution in [0.3, 0.4) is 0 Å². The largest absolute Gasteiger partial charge is 0.334 e. The fourth-order valence-corrected chi connectivity index (χ4v) is 4.17. The Labute approximate surface area is 146 Å². The Balaban J connectivity index is 2.09. The number of sulfonamides is 1. The van der Waals surface area contributed by atoms with Gasteiger partial charge in [-0.05, 0) is 24.3 Å². The average Bonchev–Trinajstić information content (AvgIpc) is 2.53. The van der Waals surface area contributed by atoms with E-state index in [0.29, 0.717) is 13.1 Å². The molecule has 0 bridgehead atoms. The first-order valence-electron chi connectivity index (χ1n) is 7.69. The van der Waals surface area contributed by atoms with Crippen LogP contribution < -0.4 is 4.90 Å². The summed E-state index contributed by atoms with van der Waals surface area (Å²) < 4.78 is 27.4. The Hall–Kier alpha value is -0.960. The van der Waals surface area contributed by atoms with Crippen molar-refractivity contribution in [3.8, 4) is 0 Å². The van der Waals surface area contributed by atoms with Crippen molar-refractivity contribution in [1.82, 2.24) is 9.21 Å². The predicted octanol–water partition coefficient (Wildman–Crippen LogP) is -0.183. The van der Waals surface area contributed by atoms with Crippen molar-refractivity contribution < 1.29 is 18.1 Å². The van der Waals surface area contributed by atoms with Crippen LogP contribution in [0, 0.1) is 0 Å². The van der Waals surface area contributed by atoms with Crippen LogP contribution >= 0.6 is 15.9 Å². The number of hydrogen-bond donors (Lipinski definition) is 1. The van der Waals surface area contributed by atoms with Crippen LogP contribution in [0.5, 0.6) is 0 Å². The Morgan fingerprint density at radius 1 is 1.26 bits per heavy atom. The van der Waals surface area contributed by atoms with Crippen molar-refractivity contribution in [3.63, 3.8) is 0 Å². The van der Waals surface area contributed by atoms with Crippen LogP contribution in [-0.4, -0.2) is 69.8 Å². The molecule has 2 rings (SSSR count). The van der Waals surface area contributed by atoms with E-state index in [1.54, 1.807) is 36.1 Å². The number of benzene rings is 1. The molecule has 1 heterocycles. The van der Waals surface area contributed by atoms with Crippen molar-refractivity contribution in [2.75, 3.05) is 46.3 Å². The van der Waals surface area contributed by atoms with E-state index in [2.05, 4.69) is 23.0 Å². The summed E-state index contributed by atoms with van der Waals surface area (Å²) in [6.45, 7) is 5.07. The van der Waals surface area contributed by atoms with E-state index >= 15 is 0 Å². The number of piperazine rings is 1. The molecular formula is C15H23BrN3O3S+. The van der Waals surface area contributed by atoms with Gasteiger partial charge in [0.25, 0.3) is 0 Å². The molecule has 0 unspecified atom stereocenters. The second-order valence-corrected chi connectivity index (χ2v) is 8.58. The molecule has 128 valence electrons. The highest BCUT2D eigenvalue weighted by atomic mass is 79.9. The molecule has 0 aliphatic carbocycles. The van der Waals surface area contributed by atoms with Crippen LogP contribution in [0.2, 0.25) is 0 Å². The van der Waals surface area contributed by atoms with Gasteiger partial charge in [-0.25, -0.2) is 8.42 Å². The number of quaternary nitrogens is 1. The van der Waals surface area contributed by atoms with Crippen molar-refractivity contribution in [1.29, 1.82) is 0 Å². The van der Waals surface area contributed by atoms with Gasteiger partial charge in [0.1, 0.15) is 0 Å². The molecule has 6 nitrogen and oxygen atoms in total. The van der Waals surface area contributed by atoms with Crippen molar-refractivity contribution >= 4 is 31.9 Å². The molecule has 1 aromatic rings. The number of halogens is 1. The first kappa shape index (κ1) is 18.4. The third-order valence-electron chi connectivity index (χ3n) is 4.09. The molecule has 1 saturated heterocycles. The lowest BCUT2D eigenvalue weighted by molar-refractivity contribution is -0.883. The molecule has 0 saturated carbocycles. The van der Waals surface area contributed by atoms with Gasteiger partial charge in [0.2, 0.25) is 15.9 Å². The fourth-order valence-electron chi connectivity index (χ4n) is 2.51. The second kappa shape index (κ2) is 7.74. The van der Waals surface area contributed by atoms with Gasteiger partial charge in [0.15, 0.2) is 0 Å². The van der Waals surface area contributed by atoms with E-state index in [1.165, 1.54) is 9.21 Å². The molecular weight excluding hydrogens is 382 g/mol. The molecule has 0 spiro atoms. The van der Waals surface area contributed by atoms with Gasteiger partial charge in [-0.15, -0.1) is 0 Å². The number of nitrogens with one attached hydrogen (secondary N) is 1. The maximum atomic E-state index is 12.7. The van der Waals surface area contributed by atoms with Crippen molar-refractivity contribution in [3.05, 3.63) is 28.7 Å². The number of carbonyl (C=O) groups is 1. The van der Waals surface area contributed by atoms with Crippen LogP contribution in [0.1, 0.15) is 6.92 Å². The predicted molar refractivity (Wildman–Crippen MR) is 91.8 cm³/mol. The zero-order valence-electron chi connectivity index (χ0n) is 13.5. The minimum atomic E-state index is -3.65. The number of nitrogens with zero attached hydrogens (tertiary/aromatic N) is 2. The van der Waals surface area contributed by atoms with Crippen molar-refractivity contribution in [2.45, 2.75) is 11.8 Å². The molecule has 8 heteroatoms. The minimum absolute atomic E-state index is 0.103. The lowest BCUT2D eigenvalue weighted by Crippen LogP contribution is -3.12. The van der Waals surface area contributed by atoms with E-state index in [0.717, 1.165) is 17.6 Å². The maximum Gasteiger partial charge on any atom is 0.243 e. The van der Waals surface area contributed by atoms with Gasteiger partial charge in [-0.3, -0.25) is 4.79 Å². The van der Waals surface area contributed by atoms with Crippen LogP contribution in [0.15, 0.2) is 33.6 Å². The number of rotatable bonds is 5. The maximum absolute atomic E-state index is 12.7. The minimum Gasteiger partial charge on any atom is -0.334 e. The summed E-state index contributed by atoms with van der Waals surface area (Å²) in [7, 11) is -1.56. The average molecular weight is 405 g/mol. The second-order valence-electron chi connectivity index (χ2n) is 5.72. The molecule has 23 heavy (non-hydrogen) atoms. The molecule has 0 radical (unpaired) electrons. The highest BCUT2D eigenvalue weighted by Gasteiger charge is 2.28. The van der Waals surface area contributed by atoms with E-state index in [-0.39, 0.29) is 23.9 Å². The molecule has 1 aliphatic heterocycles. The number of amides is 1. The van der Waals surface area contributed by atoms with Gasteiger partial charge in [-0.2, -0.15) is 4.31 Å². The Bertz CT molecular complexity index is 640. The number of carbonyl (C=O) groups excluding carboxylic acids is 1. The summed E-state index contributed by atoms with van der Waals surface area (Å²) in [6, 6.07) is 6.47. The van der Waals surface area contributed by atoms with E-state index in [1.807, 2.05) is 0 Å². The fraction of sp³-hybridized carbons (Fsp3) is 0.533. The molecule has 0 atom stereocenters. The third-order valence-corrected chi connectivity index (χ3v) is 6.55. The summed E-state index contributed by atoms with van der Waals surface area (Å²) in [5.74, 6) is -0.125. The first-order chi connectivity index (χ1) is 10.8. The summed E-state index contributed by atoms with van der Waals surface area (Å²) in [4.78, 5) is 15.8. The smallest absolute Gasteiger partial charge is 0.243 e. The quantitative estimate of drug-likeness (QED) is 0.739. The van der Waals surface area contributed by atoms with E-state index < -0.39 is 10.0 Å². The molecule has 1 fully saturated rings. The summed E-state index contributed by atoms with van der Waals surface area (Å²) in [6.07, 6.45) is 0. The van der Waals surface area contributed by atoms with Crippen LogP contribution in [-0.2, 0) is 14.8 Å². The molecule has 0 aromatic heterocycles. The van der Waals surface area contributed by atoms with E-state index in [4.69, 9.17) is 0 Å². The highest BCUT2D eigenvalue weighted by Crippen LogP contribution is 2.18. The third kappa shape index (κ3) is 4.53. The standard InChI is InChI=1S/C15H22BrN3O3S/c1-3-19(12-15(20)18-10-8-17(2)9-11-18)23(21,22)14-6-4-13(16)5-7-14/h4-7H,3,8-12H2,1-2H3/p+1. The lowest BCUT2D eigenvalue weighted by atomic mass is 10.3. The monoisotopic (exact) mass is 404 g/mol. The zero-order chi connectivity index (χ0) is 17.0. The van der Waals surface area contributed by atoms with Gasteiger partial charge in [-0.1, -0.05) is 22.9 Å². The van der Waals surface area contributed by atoms with Gasteiger partial charge >= 0.3 is 0 Å². The van der Waals surface area contributed by atoms with E-state index in [9.17, 15) is 13.2 Å². The molecule has 1 aromatic carbocycles. The van der Waals surface area contributed by atoms with Gasteiger partial charge in [0, 0.05) is 11.0 Å². The number of hydrogen-bond acceptors (Lipinski definition) is 3. The summed E-state index contributed by atoms with van der Waals surface area (Å²) in [5, 5.41) is 0. The summed E-state index contributed by atoms with van der Waals surface area (Å²) in [5.41, 5.74) is 0. The molecule has 1 N–H and O–H groups in total. The van der Waals surface area contributed by atoms with Crippen LogP contribution in [0.25, 0.3) is 0 Å². The molecule has 1 aliphatic rings. The normalized spacial score (nSPS) is 16.8. The SMILES string of the molecule is CCN(CC(=O)N1CC[NH+](C)CC1)S(=O)(=O)c1ccc(Br)cc1. The topological polar surface area (TPSA) is 62.1 Å². The van der Waals surface area contributed by atoms with Crippen molar-refractivity contribution in [2.24, 2.45) is 0 Å². The molecule has 1 amide bonds.